The maximum absolute atomic E-state index is 5.66. The van der Waals surface area contributed by atoms with Crippen LogP contribution < -0.4 is 10.6 Å². The van der Waals surface area contributed by atoms with E-state index in [2.05, 4.69) is 27.5 Å². The maximum Gasteiger partial charge on any atom is 0.147 e. The molecule has 0 saturated carbocycles. The molecule has 1 atom stereocenters. The molecule has 4 nitrogen and oxygen atoms in total. The van der Waals surface area contributed by atoms with Gasteiger partial charge in [0.2, 0.25) is 0 Å². The first-order valence-electron chi connectivity index (χ1n) is 5.15. The SMILES string of the molecule is CCC[C@H](CNC)Nc1cnc(Cl)cn1. The molecule has 5 heteroatoms. The minimum absolute atomic E-state index is 0.385. The lowest BCUT2D eigenvalue weighted by molar-refractivity contribution is 0.598. The van der Waals surface area contributed by atoms with Crippen molar-refractivity contribution in [2.75, 3.05) is 18.9 Å². The van der Waals surface area contributed by atoms with Gasteiger partial charge in [0.25, 0.3) is 0 Å². The van der Waals surface area contributed by atoms with E-state index in [0.717, 1.165) is 25.2 Å². The first-order chi connectivity index (χ1) is 7.26. The maximum atomic E-state index is 5.66. The Hall–Kier alpha value is -0.870. The number of hydrogen-bond donors (Lipinski definition) is 2. The summed E-state index contributed by atoms with van der Waals surface area (Å²) in [5, 5.41) is 6.88. The van der Waals surface area contributed by atoms with Gasteiger partial charge in [-0.05, 0) is 13.5 Å². The van der Waals surface area contributed by atoms with Crippen LogP contribution in [0.3, 0.4) is 0 Å². The average molecular weight is 229 g/mol. The van der Waals surface area contributed by atoms with Gasteiger partial charge in [0.15, 0.2) is 0 Å². The van der Waals surface area contributed by atoms with E-state index in [1.54, 1.807) is 12.4 Å². The van der Waals surface area contributed by atoms with Crippen LogP contribution in [0.1, 0.15) is 19.8 Å². The van der Waals surface area contributed by atoms with Gasteiger partial charge in [-0.2, -0.15) is 0 Å². The van der Waals surface area contributed by atoms with Gasteiger partial charge in [-0.15, -0.1) is 0 Å². The molecule has 0 amide bonds. The lowest BCUT2D eigenvalue weighted by Gasteiger charge is -2.17. The highest BCUT2D eigenvalue weighted by Gasteiger charge is 2.06. The monoisotopic (exact) mass is 228 g/mol. The van der Waals surface area contributed by atoms with Gasteiger partial charge < -0.3 is 10.6 Å². The predicted octanol–water partition coefficient (Wildman–Crippen LogP) is 1.93. The highest BCUT2D eigenvalue weighted by Crippen LogP contribution is 2.08. The normalized spacial score (nSPS) is 12.5. The van der Waals surface area contributed by atoms with Gasteiger partial charge in [0, 0.05) is 12.6 Å². The van der Waals surface area contributed by atoms with Crippen LogP contribution in [0.5, 0.6) is 0 Å². The summed E-state index contributed by atoms with van der Waals surface area (Å²) < 4.78 is 0. The zero-order valence-corrected chi connectivity index (χ0v) is 9.88. The van der Waals surface area contributed by atoms with Crippen molar-refractivity contribution in [1.29, 1.82) is 0 Å². The van der Waals surface area contributed by atoms with E-state index < -0.39 is 0 Å². The summed E-state index contributed by atoms with van der Waals surface area (Å²) in [7, 11) is 1.94. The van der Waals surface area contributed by atoms with E-state index >= 15 is 0 Å². The predicted molar refractivity (Wildman–Crippen MR) is 63.3 cm³/mol. The van der Waals surface area contributed by atoms with Gasteiger partial charge >= 0.3 is 0 Å². The molecular weight excluding hydrogens is 212 g/mol. The van der Waals surface area contributed by atoms with Crippen molar-refractivity contribution in [2.45, 2.75) is 25.8 Å². The Bertz CT molecular complexity index is 269. The van der Waals surface area contributed by atoms with E-state index in [0.29, 0.717) is 11.2 Å². The van der Waals surface area contributed by atoms with Crippen molar-refractivity contribution in [3.63, 3.8) is 0 Å². The number of aromatic nitrogens is 2. The van der Waals surface area contributed by atoms with Crippen LogP contribution in [-0.4, -0.2) is 29.6 Å². The number of nitrogens with one attached hydrogen (secondary N) is 2. The molecule has 0 spiro atoms. The van der Waals surface area contributed by atoms with Crippen LogP contribution in [0.4, 0.5) is 5.82 Å². The van der Waals surface area contributed by atoms with Gasteiger partial charge in [0.05, 0.1) is 12.4 Å². The first kappa shape index (κ1) is 12.2. The van der Waals surface area contributed by atoms with Crippen LogP contribution in [0.25, 0.3) is 0 Å². The van der Waals surface area contributed by atoms with Crippen molar-refractivity contribution in [3.05, 3.63) is 17.5 Å². The Labute approximate surface area is 95.5 Å². The summed E-state index contributed by atoms with van der Waals surface area (Å²) in [6.07, 6.45) is 5.44. The minimum atomic E-state index is 0.385. The average Bonchev–Trinajstić information content (AvgIpc) is 2.22. The van der Waals surface area contributed by atoms with Crippen LogP contribution in [-0.2, 0) is 0 Å². The van der Waals surface area contributed by atoms with E-state index in [-0.39, 0.29) is 0 Å². The quantitative estimate of drug-likeness (QED) is 0.781. The zero-order valence-electron chi connectivity index (χ0n) is 9.13. The molecule has 0 fully saturated rings. The molecule has 0 radical (unpaired) electrons. The number of nitrogens with zero attached hydrogens (tertiary/aromatic N) is 2. The molecule has 2 N–H and O–H groups in total. The second kappa shape index (κ2) is 6.58. The van der Waals surface area contributed by atoms with Gasteiger partial charge in [-0.25, -0.2) is 9.97 Å². The van der Waals surface area contributed by atoms with Crippen molar-refractivity contribution >= 4 is 17.4 Å². The Morgan fingerprint density at radius 1 is 1.40 bits per heavy atom. The Balaban J connectivity index is 2.53. The Kier molecular flexibility index (Phi) is 5.36. The molecule has 0 aliphatic carbocycles. The molecule has 0 aromatic carbocycles. The fourth-order valence-corrected chi connectivity index (χ4v) is 1.51. The lowest BCUT2D eigenvalue weighted by Crippen LogP contribution is -2.31. The fourth-order valence-electron chi connectivity index (χ4n) is 1.42. The summed E-state index contributed by atoms with van der Waals surface area (Å²) >= 11 is 5.66. The first-order valence-corrected chi connectivity index (χ1v) is 5.52. The third-order valence-electron chi connectivity index (χ3n) is 2.06. The highest BCUT2D eigenvalue weighted by molar-refractivity contribution is 6.29. The van der Waals surface area contributed by atoms with Crippen molar-refractivity contribution < 1.29 is 0 Å². The summed E-state index contributed by atoms with van der Waals surface area (Å²) in [5.41, 5.74) is 0. The van der Waals surface area contributed by atoms with Crippen molar-refractivity contribution in [2.24, 2.45) is 0 Å². The topological polar surface area (TPSA) is 49.8 Å². The van der Waals surface area contributed by atoms with E-state index in [4.69, 9.17) is 11.6 Å². The smallest absolute Gasteiger partial charge is 0.147 e. The van der Waals surface area contributed by atoms with Crippen LogP contribution in [0.2, 0.25) is 5.15 Å². The van der Waals surface area contributed by atoms with Gasteiger partial charge in [0.1, 0.15) is 11.0 Å². The third-order valence-corrected chi connectivity index (χ3v) is 2.26. The lowest BCUT2D eigenvalue weighted by atomic mass is 10.1. The molecule has 0 aliphatic rings. The highest BCUT2D eigenvalue weighted by atomic mass is 35.5. The van der Waals surface area contributed by atoms with Gasteiger partial charge in [-0.1, -0.05) is 24.9 Å². The summed E-state index contributed by atoms with van der Waals surface area (Å²) in [5.74, 6) is 0.771. The van der Waals surface area contributed by atoms with Crippen LogP contribution in [0, 0.1) is 0 Å². The largest absolute Gasteiger partial charge is 0.365 e. The molecule has 1 aromatic heterocycles. The van der Waals surface area contributed by atoms with Crippen LogP contribution >= 0.6 is 11.6 Å². The molecule has 1 aromatic rings. The second-order valence-electron chi connectivity index (χ2n) is 3.41. The molecule has 0 bridgehead atoms. The zero-order chi connectivity index (χ0) is 11.1. The number of anilines is 1. The molecule has 1 heterocycles. The second-order valence-corrected chi connectivity index (χ2v) is 3.80. The van der Waals surface area contributed by atoms with Crippen LogP contribution in [0.15, 0.2) is 12.4 Å². The third kappa shape index (κ3) is 4.44. The fraction of sp³-hybridized carbons (Fsp3) is 0.600. The van der Waals surface area contributed by atoms with Gasteiger partial charge in [-0.3, -0.25) is 0 Å². The van der Waals surface area contributed by atoms with Crippen molar-refractivity contribution in [3.8, 4) is 0 Å². The summed E-state index contributed by atoms with van der Waals surface area (Å²) in [6.45, 7) is 3.08. The number of hydrogen-bond acceptors (Lipinski definition) is 4. The molecule has 0 aliphatic heterocycles. The summed E-state index contributed by atoms with van der Waals surface area (Å²) in [4.78, 5) is 8.12. The molecule has 1 rings (SSSR count). The Morgan fingerprint density at radius 3 is 2.73 bits per heavy atom. The molecule has 15 heavy (non-hydrogen) atoms. The van der Waals surface area contributed by atoms with E-state index in [9.17, 15) is 0 Å². The summed E-state index contributed by atoms with van der Waals surface area (Å²) in [6, 6.07) is 0.385. The minimum Gasteiger partial charge on any atom is -0.365 e. The van der Waals surface area contributed by atoms with E-state index in [1.807, 2.05) is 7.05 Å². The molecule has 0 saturated heterocycles. The molecular formula is C10H17ClN4. The van der Waals surface area contributed by atoms with E-state index in [1.165, 1.54) is 0 Å². The Morgan fingerprint density at radius 2 is 2.20 bits per heavy atom. The number of likely N-dealkylation sites (N-methyl/N-ethyl adjacent to an activating group) is 1. The molecule has 84 valence electrons. The number of halogens is 1. The molecule has 0 unspecified atom stereocenters. The standard InChI is InChI=1S/C10H17ClN4/c1-3-4-8(5-12-2)15-10-7-13-9(11)6-14-10/h6-8,12H,3-5H2,1-2H3,(H,14,15)/t8-/m1/s1. The van der Waals surface area contributed by atoms with Crippen molar-refractivity contribution in [1.82, 2.24) is 15.3 Å². The number of rotatable bonds is 6.